The minimum Gasteiger partial charge on any atom is -0.444 e. The zero-order chi connectivity index (χ0) is 26.4. The number of nitrogens with zero attached hydrogens (tertiary/aromatic N) is 2. The molecule has 11 heteroatoms. The molecule has 0 bridgehead atoms. The van der Waals surface area contributed by atoms with Crippen LogP contribution in [-0.2, 0) is 11.8 Å². The zero-order valence-corrected chi connectivity index (χ0v) is 23.2. The number of amides is 2. The molecule has 1 aromatic heterocycles. The van der Waals surface area contributed by atoms with E-state index in [0.29, 0.717) is 24.3 Å². The second kappa shape index (κ2) is 9.91. The van der Waals surface area contributed by atoms with Gasteiger partial charge in [0.15, 0.2) is 0 Å². The van der Waals surface area contributed by atoms with E-state index in [4.69, 9.17) is 4.74 Å². The molecular formula is C25H31FIN5O4. The third-order valence-electron chi connectivity index (χ3n) is 6.03. The van der Waals surface area contributed by atoms with Crippen LogP contribution < -0.4 is 21.5 Å². The van der Waals surface area contributed by atoms with Gasteiger partial charge in [-0.2, -0.15) is 0 Å². The fourth-order valence-corrected chi connectivity index (χ4v) is 4.39. The van der Waals surface area contributed by atoms with Gasteiger partial charge in [-0.1, -0.05) is 0 Å². The Morgan fingerprint density at radius 3 is 2.42 bits per heavy atom. The third kappa shape index (κ3) is 5.76. The lowest BCUT2D eigenvalue weighted by Gasteiger charge is -2.41. The molecule has 1 aromatic carbocycles. The monoisotopic (exact) mass is 611 g/mol. The normalized spacial score (nSPS) is 15.8. The Labute approximate surface area is 222 Å². The maximum absolute atomic E-state index is 14.7. The van der Waals surface area contributed by atoms with Gasteiger partial charge in [0, 0.05) is 35.3 Å². The Bertz CT molecular complexity index is 1260. The number of benzene rings is 1. The van der Waals surface area contributed by atoms with Crippen molar-refractivity contribution in [2.75, 3.05) is 23.7 Å². The summed E-state index contributed by atoms with van der Waals surface area (Å²) in [5, 5.41) is 9.26. The average Bonchev–Trinajstić information content (AvgIpc) is 3.55. The highest BCUT2D eigenvalue weighted by Gasteiger charge is 2.36. The first-order valence-corrected chi connectivity index (χ1v) is 12.9. The van der Waals surface area contributed by atoms with Gasteiger partial charge in [-0.05, 0) is 81.3 Å². The standard InChI is InChI=1S/C25H31FIN5O4/c1-13-20(28-16-11-32(12-16)24(35)36-25(2,3)4)19(22(33)29-15-7-8-15)21(31(5)23(13)34)30-18-9-6-14(27)10-17(18)26/h6,9-10,15-16,28,30H,7-8,11-12H2,1-5H3,(H,29,33). The maximum Gasteiger partial charge on any atom is 0.410 e. The van der Waals surface area contributed by atoms with Crippen molar-refractivity contribution < 1.29 is 18.7 Å². The molecule has 2 aromatic rings. The average molecular weight is 611 g/mol. The molecule has 1 aliphatic carbocycles. The first-order valence-electron chi connectivity index (χ1n) is 11.8. The number of likely N-dealkylation sites (tertiary alicyclic amines) is 1. The highest BCUT2D eigenvalue weighted by molar-refractivity contribution is 14.1. The Morgan fingerprint density at radius 1 is 1.17 bits per heavy atom. The molecule has 2 heterocycles. The highest BCUT2D eigenvalue weighted by atomic mass is 127. The fourth-order valence-electron chi connectivity index (χ4n) is 3.93. The van der Waals surface area contributed by atoms with Crippen LogP contribution in [0, 0.1) is 16.3 Å². The number of nitrogens with one attached hydrogen (secondary N) is 3. The molecule has 9 nitrogen and oxygen atoms in total. The first-order chi connectivity index (χ1) is 16.8. The van der Waals surface area contributed by atoms with Gasteiger partial charge in [-0.3, -0.25) is 14.2 Å². The number of anilines is 3. The summed E-state index contributed by atoms with van der Waals surface area (Å²) in [7, 11) is 1.55. The van der Waals surface area contributed by atoms with Crippen LogP contribution in [0.5, 0.6) is 0 Å². The number of ether oxygens (including phenoxy) is 1. The number of hydrogen-bond acceptors (Lipinski definition) is 6. The van der Waals surface area contributed by atoms with E-state index in [-0.39, 0.29) is 40.6 Å². The lowest BCUT2D eigenvalue weighted by molar-refractivity contribution is 0.0104. The number of hydrogen-bond donors (Lipinski definition) is 3. The smallest absolute Gasteiger partial charge is 0.410 e. The van der Waals surface area contributed by atoms with Crippen LogP contribution in [0.25, 0.3) is 0 Å². The van der Waals surface area contributed by atoms with E-state index in [2.05, 4.69) is 16.0 Å². The van der Waals surface area contributed by atoms with E-state index in [0.717, 1.165) is 16.4 Å². The second-order valence-electron chi connectivity index (χ2n) is 10.3. The summed E-state index contributed by atoms with van der Waals surface area (Å²) in [5.41, 5.74) is 0.200. The molecule has 2 fully saturated rings. The molecule has 4 rings (SSSR count). The predicted octanol–water partition coefficient (Wildman–Crippen LogP) is 4.10. The molecule has 0 atom stereocenters. The predicted molar refractivity (Wildman–Crippen MR) is 145 cm³/mol. The summed E-state index contributed by atoms with van der Waals surface area (Å²) in [6.07, 6.45) is 1.37. The number of pyridine rings is 1. The van der Waals surface area contributed by atoms with Gasteiger partial charge >= 0.3 is 6.09 Å². The van der Waals surface area contributed by atoms with Crippen molar-refractivity contribution in [2.24, 2.45) is 7.05 Å². The number of carbonyl (C=O) groups excluding carboxylic acids is 2. The van der Waals surface area contributed by atoms with Gasteiger partial charge < -0.3 is 25.6 Å². The van der Waals surface area contributed by atoms with Crippen molar-refractivity contribution >= 4 is 51.8 Å². The van der Waals surface area contributed by atoms with Crippen LogP contribution in [0.15, 0.2) is 23.0 Å². The van der Waals surface area contributed by atoms with Crippen molar-refractivity contribution in [1.29, 1.82) is 0 Å². The maximum atomic E-state index is 14.7. The summed E-state index contributed by atoms with van der Waals surface area (Å²) < 4.78 is 22.2. The van der Waals surface area contributed by atoms with Crippen LogP contribution in [0.3, 0.4) is 0 Å². The highest BCUT2D eigenvalue weighted by Crippen LogP contribution is 2.32. The summed E-state index contributed by atoms with van der Waals surface area (Å²) in [5.74, 6) is -0.657. The molecular weight excluding hydrogens is 580 g/mol. The van der Waals surface area contributed by atoms with Crippen LogP contribution >= 0.6 is 22.6 Å². The number of rotatable bonds is 6. The molecule has 0 spiro atoms. The Morgan fingerprint density at radius 2 is 1.83 bits per heavy atom. The van der Waals surface area contributed by atoms with E-state index in [1.54, 1.807) is 51.8 Å². The Kier molecular flexibility index (Phi) is 7.22. The number of halogens is 2. The topological polar surface area (TPSA) is 105 Å². The van der Waals surface area contributed by atoms with Gasteiger partial charge in [0.2, 0.25) is 0 Å². The first kappa shape index (κ1) is 26.2. The molecule has 2 amide bonds. The fraction of sp³-hybridized carbons (Fsp3) is 0.480. The molecule has 1 saturated heterocycles. The summed E-state index contributed by atoms with van der Waals surface area (Å²) >= 11 is 2.02. The Balaban J connectivity index is 1.67. The minimum atomic E-state index is -0.600. The molecule has 3 N–H and O–H groups in total. The molecule has 1 aliphatic heterocycles. The van der Waals surface area contributed by atoms with E-state index in [1.807, 2.05) is 22.6 Å². The van der Waals surface area contributed by atoms with Crippen LogP contribution in [0.4, 0.5) is 26.4 Å². The third-order valence-corrected chi connectivity index (χ3v) is 6.70. The summed E-state index contributed by atoms with van der Waals surface area (Å²) in [6, 6.07) is 4.58. The van der Waals surface area contributed by atoms with Crippen LogP contribution in [0.2, 0.25) is 0 Å². The van der Waals surface area contributed by atoms with E-state index >= 15 is 0 Å². The number of aromatic nitrogens is 1. The van der Waals surface area contributed by atoms with E-state index in [1.165, 1.54) is 10.6 Å². The summed E-state index contributed by atoms with van der Waals surface area (Å²) in [4.78, 5) is 40.4. The molecule has 2 aliphatic rings. The van der Waals surface area contributed by atoms with Gasteiger partial charge in [-0.15, -0.1) is 0 Å². The van der Waals surface area contributed by atoms with Crippen LogP contribution in [0.1, 0.15) is 49.5 Å². The number of carbonyl (C=O) groups is 2. The quantitative estimate of drug-likeness (QED) is 0.425. The van der Waals surface area contributed by atoms with Crippen molar-refractivity contribution in [2.45, 2.75) is 58.2 Å². The summed E-state index contributed by atoms with van der Waals surface area (Å²) in [6.45, 7) is 7.79. The molecule has 1 saturated carbocycles. The molecule has 0 unspecified atom stereocenters. The van der Waals surface area contributed by atoms with Crippen molar-refractivity contribution in [3.63, 3.8) is 0 Å². The lowest BCUT2D eigenvalue weighted by Crippen LogP contribution is -2.58. The zero-order valence-electron chi connectivity index (χ0n) is 21.0. The second-order valence-corrected chi connectivity index (χ2v) is 11.6. The van der Waals surface area contributed by atoms with Gasteiger partial charge in [-0.25, -0.2) is 9.18 Å². The SMILES string of the molecule is Cc1c(NC2CN(C(=O)OC(C)(C)C)C2)c(C(=O)NC2CC2)c(Nc2ccc(I)cc2F)n(C)c1=O. The van der Waals surface area contributed by atoms with Crippen molar-refractivity contribution in [1.82, 2.24) is 14.8 Å². The van der Waals surface area contributed by atoms with Gasteiger partial charge in [0.1, 0.15) is 22.8 Å². The van der Waals surface area contributed by atoms with Crippen LogP contribution in [-0.4, -0.2) is 52.2 Å². The largest absolute Gasteiger partial charge is 0.444 e. The van der Waals surface area contributed by atoms with Crippen molar-refractivity contribution in [3.05, 3.63) is 49.1 Å². The van der Waals surface area contributed by atoms with Gasteiger partial charge in [0.25, 0.3) is 11.5 Å². The molecule has 0 radical (unpaired) electrons. The Hall–Kier alpha value is -2.83. The van der Waals surface area contributed by atoms with Crippen molar-refractivity contribution in [3.8, 4) is 0 Å². The van der Waals surface area contributed by atoms with E-state index in [9.17, 15) is 18.8 Å². The molecule has 36 heavy (non-hydrogen) atoms. The van der Waals surface area contributed by atoms with Gasteiger partial charge in [0.05, 0.1) is 17.4 Å². The molecule has 194 valence electrons. The van der Waals surface area contributed by atoms with E-state index < -0.39 is 17.5 Å². The lowest BCUT2D eigenvalue weighted by atomic mass is 10.0. The minimum absolute atomic E-state index is 0.0807.